The molecule has 0 aliphatic carbocycles. The van der Waals surface area contributed by atoms with Gasteiger partial charge in [0.25, 0.3) is 0 Å². The van der Waals surface area contributed by atoms with Crippen LogP contribution in [-0.2, 0) is 6.42 Å². The minimum Gasteiger partial charge on any atom is -0.271 e. The van der Waals surface area contributed by atoms with Gasteiger partial charge in [-0.05, 0) is 28.3 Å². The third-order valence-corrected chi connectivity index (χ3v) is 3.71. The van der Waals surface area contributed by atoms with E-state index in [9.17, 15) is 0 Å². The zero-order chi connectivity index (χ0) is 13.8. The predicted molar refractivity (Wildman–Crippen MR) is 84.2 cm³/mol. The summed E-state index contributed by atoms with van der Waals surface area (Å²) in [5.41, 5.74) is 5.46. The SMILES string of the molecule is NNC(Cc1cccc2ccccc12)c1ccccc1. The summed E-state index contributed by atoms with van der Waals surface area (Å²) in [6.07, 6.45) is 0.877. The van der Waals surface area contributed by atoms with E-state index in [0.29, 0.717) is 0 Å². The minimum atomic E-state index is 0.127. The van der Waals surface area contributed by atoms with Crippen molar-refractivity contribution >= 4 is 10.8 Å². The number of hydrogen-bond acceptors (Lipinski definition) is 2. The molecule has 0 bridgehead atoms. The molecule has 0 amide bonds. The molecule has 20 heavy (non-hydrogen) atoms. The Labute approximate surface area is 119 Å². The Morgan fingerprint density at radius 1 is 0.800 bits per heavy atom. The molecule has 0 radical (unpaired) electrons. The lowest BCUT2D eigenvalue weighted by Crippen LogP contribution is -2.29. The van der Waals surface area contributed by atoms with Gasteiger partial charge in [-0.15, -0.1) is 0 Å². The molecule has 0 aromatic heterocycles. The summed E-state index contributed by atoms with van der Waals surface area (Å²) in [7, 11) is 0. The van der Waals surface area contributed by atoms with Crippen LogP contribution in [0.4, 0.5) is 0 Å². The number of hydrazine groups is 1. The van der Waals surface area contributed by atoms with E-state index in [0.717, 1.165) is 6.42 Å². The molecular weight excluding hydrogens is 244 g/mol. The van der Waals surface area contributed by atoms with Crippen LogP contribution in [0.5, 0.6) is 0 Å². The van der Waals surface area contributed by atoms with Crippen molar-refractivity contribution in [3.63, 3.8) is 0 Å². The maximum Gasteiger partial charge on any atom is 0.0500 e. The Hall–Kier alpha value is -2.16. The standard InChI is InChI=1S/C18H18N2/c19-20-18(15-8-2-1-3-9-15)13-16-11-6-10-14-7-4-5-12-17(14)16/h1-12,18,20H,13,19H2. The third-order valence-electron chi connectivity index (χ3n) is 3.71. The van der Waals surface area contributed by atoms with Crippen LogP contribution < -0.4 is 11.3 Å². The van der Waals surface area contributed by atoms with Gasteiger partial charge < -0.3 is 0 Å². The molecule has 3 rings (SSSR count). The predicted octanol–water partition coefficient (Wildman–Crippen LogP) is 3.59. The Bertz CT molecular complexity index is 687. The van der Waals surface area contributed by atoms with Crippen LogP contribution in [0, 0.1) is 0 Å². The van der Waals surface area contributed by atoms with E-state index in [1.807, 2.05) is 18.2 Å². The van der Waals surface area contributed by atoms with Gasteiger partial charge in [-0.3, -0.25) is 11.3 Å². The molecule has 0 spiro atoms. The molecule has 0 heterocycles. The van der Waals surface area contributed by atoms with Crippen LogP contribution >= 0.6 is 0 Å². The van der Waals surface area contributed by atoms with Crippen molar-refractivity contribution in [2.45, 2.75) is 12.5 Å². The number of hydrogen-bond donors (Lipinski definition) is 2. The first-order valence-corrected chi connectivity index (χ1v) is 6.86. The Kier molecular flexibility index (Phi) is 3.77. The topological polar surface area (TPSA) is 38.0 Å². The maximum atomic E-state index is 5.75. The molecule has 3 aromatic carbocycles. The summed E-state index contributed by atoms with van der Waals surface area (Å²) >= 11 is 0. The molecule has 0 aliphatic rings. The second kappa shape index (κ2) is 5.87. The zero-order valence-electron chi connectivity index (χ0n) is 11.3. The molecule has 3 aromatic rings. The average molecular weight is 262 g/mol. The number of rotatable bonds is 4. The first-order valence-electron chi connectivity index (χ1n) is 6.86. The fourth-order valence-corrected chi connectivity index (χ4v) is 2.65. The Balaban J connectivity index is 1.96. The van der Waals surface area contributed by atoms with Crippen LogP contribution in [-0.4, -0.2) is 0 Å². The van der Waals surface area contributed by atoms with Crippen molar-refractivity contribution in [1.82, 2.24) is 5.43 Å². The van der Waals surface area contributed by atoms with Crippen LogP contribution in [0.15, 0.2) is 72.8 Å². The smallest absolute Gasteiger partial charge is 0.0500 e. The maximum absolute atomic E-state index is 5.75. The summed E-state index contributed by atoms with van der Waals surface area (Å²) in [5.74, 6) is 5.75. The van der Waals surface area contributed by atoms with Gasteiger partial charge in [0, 0.05) is 0 Å². The van der Waals surface area contributed by atoms with Crippen molar-refractivity contribution < 1.29 is 0 Å². The summed E-state index contributed by atoms with van der Waals surface area (Å²) in [6.45, 7) is 0. The van der Waals surface area contributed by atoms with Crippen molar-refractivity contribution in [3.05, 3.63) is 83.9 Å². The lowest BCUT2D eigenvalue weighted by atomic mass is 9.95. The molecule has 2 nitrogen and oxygen atoms in total. The van der Waals surface area contributed by atoms with Crippen LogP contribution in [0.1, 0.15) is 17.2 Å². The molecular formula is C18H18N2. The highest BCUT2D eigenvalue weighted by Crippen LogP contribution is 2.24. The van der Waals surface area contributed by atoms with Gasteiger partial charge in [0.1, 0.15) is 0 Å². The summed E-state index contributed by atoms with van der Waals surface area (Å²) in [4.78, 5) is 0. The van der Waals surface area contributed by atoms with E-state index in [2.05, 4.69) is 60.0 Å². The first kappa shape index (κ1) is 12.9. The average Bonchev–Trinajstić information content (AvgIpc) is 2.53. The second-order valence-electron chi connectivity index (χ2n) is 4.97. The van der Waals surface area contributed by atoms with Gasteiger partial charge in [0.2, 0.25) is 0 Å². The molecule has 2 heteroatoms. The van der Waals surface area contributed by atoms with E-state index in [4.69, 9.17) is 5.84 Å². The lowest BCUT2D eigenvalue weighted by Gasteiger charge is -2.17. The van der Waals surface area contributed by atoms with Gasteiger partial charge in [-0.2, -0.15) is 0 Å². The summed E-state index contributed by atoms with van der Waals surface area (Å²) in [6, 6.07) is 25.3. The molecule has 100 valence electrons. The fourth-order valence-electron chi connectivity index (χ4n) is 2.65. The molecule has 0 aliphatic heterocycles. The highest BCUT2D eigenvalue weighted by molar-refractivity contribution is 5.85. The quantitative estimate of drug-likeness (QED) is 0.557. The summed E-state index contributed by atoms with van der Waals surface area (Å²) < 4.78 is 0. The van der Waals surface area contributed by atoms with Crippen LogP contribution in [0.3, 0.4) is 0 Å². The van der Waals surface area contributed by atoms with Crippen molar-refractivity contribution in [2.75, 3.05) is 0 Å². The van der Waals surface area contributed by atoms with E-state index in [1.165, 1.54) is 21.9 Å². The third kappa shape index (κ3) is 2.57. The fraction of sp³-hybridized carbons (Fsp3) is 0.111. The normalized spacial score (nSPS) is 12.4. The summed E-state index contributed by atoms with van der Waals surface area (Å²) in [5, 5.41) is 2.57. The van der Waals surface area contributed by atoms with Crippen molar-refractivity contribution in [3.8, 4) is 0 Å². The Morgan fingerprint density at radius 3 is 2.30 bits per heavy atom. The van der Waals surface area contributed by atoms with Gasteiger partial charge >= 0.3 is 0 Å². The minimum absolute atomic E-state index is 0.127. The van der Waals surface area contributed by atoms with Gasteiger partial charge in [-0.25, -0.2) is 0 Å². The first-order chi connectivity index (χ1) is 9.88. The molecule has 3 N–H and O–H groups in total. The molecule has 1 atom stereocenters. The number of nitrogens with one attached hydrogen (secondary N) is 1. The highest BCUT2D eigenvalue weighted by atomic mass is 15.2. The van der Waals surface area contributed by atoms with Crippen molar-refractivity contribution in [1.29, 1.82) is 0 Å². The van der Waals surface area contributed by atoms with Gasteiger partial charge in [0.15, 0.2) is 0 Å². The van der Waals surface area contributed by atoms with E-state index >= 15 is 0 Å². The molecule has 0 saturated heterocycles. The van der Waals surface area contributed by atoms with Crippen molar-refractivity contribution in [2.24, 2.45) is 5.84 Å². The highest BCUT2D eigenvalue weighted by Gasteiger charge is 2.11. The molecule has 0 fully saturated rings. The van der Waals surface area contributed by atoms with Gasteiger partial charge in [-0.1, -0.05) is 72.8 Å². The molecule has 1 unspecified atom stereocenters. The van der Waals surface area contributed by atoms with Gasteiger partial charge in [0.05, 0.1) is 6.04 Å². The number of nitrogens with two attached hydrogens (primary N) is 1. The van der Waals surface area contributed by atoms with Crippen LogP contribution in [0.25, 0.3) is 10.8 Å². The van der Waals surface area contributed by atoms with E-state index in [-0.39, 0.29) is 6.04 Å². The number of fused-ring (bicyclic) bond motifs is 1. The number of benzene rings is 3. The monoisotopic (exact) mass is 262 g/mol. The van der Waals surface area contributed by atoms with Crippen LogP contribution in [0.2, 0.25) is 0 Å². The van der Waals surface area contributed by atoms with E-state index in [1.54, 1.807) is 0 Å². The Morgan fingerprint density at radius 2 is 1.50 bits per heavy atom. The van der Waals surface area contributed by atoms with E-state index < -0.39 is 0 Å². The second-order valence-corrected chi connectivity index (χ2v) is 4.97. The lowest BCUT2D eigenvalue weighted by molar-refractivity contribution is 0.553. The molecule has 0 saturated carbocycles. The largest absolute Gasteiger partial charge is 0.271 e. The zero-order valence-corrected chi connectivity index (χ0v) is 11.3.